The molecule has 1 rings (SSSR count). The number of rotatable bonds is 1. The minimum Gasteiger partial charge on any atom is -0.175 e. The molecule has 0 N–H and O–H groups in total. The zero-order chi connectivity index (χ0) is 6.69. The molecule has 1 aromatic rings. The SMILES string of the molecule is [CH2]c1cccc(CS)c1. The molecule has 0 nitrogen and oxygen atoms in total. The van der Waals surface area contributed by atoms with Gasteiger partial charge in [-0.15, -0.1) is 0 Å². The molecule has 0 bridgehead atoms. The van der Waals surface area contributed by atoms with Crippen LogP contribution in [0.25, 0.3) is 0 Å². The van der Waals surface area contributed by atoms with Crippen molar-refractivity contribution in [1.82, 2.24) is 0 Å². The van der Waals surface area contributed by atoms with E-state index in [1.54, 1.807) is 0 Å². The molecule has 47 valence electrons. The van der Waals surface area contributed by atoms with Crippen LogP contribution in [0.3, 0.4) is 0 Å². The van der Waals surface area contributed by atoms with Gasteiger partial charge in [-0.25, -0.2) is 0 Å². The van der Waals surface area contributed by atoms with Gasteiger partial charge in [0.1, 0.15) is 0 Å². The van der Waals surface area contributed by atoms with Gasteiger partial charge in [-0.05, 0) is 18.1 Å². The first-order valence-electron chi connectivity index (χ1n) is 2.84. The van der Waals surface area contributed by atoms with Crippen LogP contribution in [0.5, 0.6) is 0 Å². The van der Waals surface area contributed by atoms with Crippen molar-refractivity contribution in [3.8, 4) is 0 Å². The summed E-state index contributed by atoms with van der Waals surface area (Å²) in [4.78, 5) is 0. The Hall–Kier alpha value is -0.430. The maximum Gasteiger partial charge on any atom is 0.0154 e. The molecule has 0 amide bonds. The molecule has 0 aliphatic rings. The van der Waals surface area contributed by atoms with E-state index < -0.39 is 0 Å². The van der Waals surface area contributed by atoms with Gasteiger partial charge in [0.15, 0.2) is 0 Å². The predicted molar refractivity (Wildman–Crippen MR) is 43.6 cm³/mol. The summed E-state index contributed by atoms with van der Waals surface area (Å²) in [5.41, 5.74) is 2.28. The molecule has 0 unspecified atom stereocenters. The third kappa shape index (κ3) is 1.75. The van der Waals surface area contributed by atoms with Crippen LogP contribution in [-0.2, 0) is 5.75 Å². The summed E-state index contributed by atoms with van der Waals surface area (Å²) < 4.78 is 0. The molecule has 0 heterocycles. The molecule has 0 aromatic heterocycles. The molecule has 9 heavy (non-hydrogen) atoms. The van der Waals surface area contributed by atoms with Crippen LogP contribution in [0.15, 0.2) is 24.3 Å². The van der Waals surface area contributed by atoms with Crippen LogP contribution in [0.1, 0.15) is 11.1 Å². The predicted octanol–water partition coefficient (Wildman–Crippen LogP) is 2.30. The van der Waals surface area contributed by atoms with E-state index in [2.05, 4.69) is 19.6 Å². The molecule has 1 aromatic carbocycles. The van der Waals surface area contributed by atoms with Gasteiger partial charge in [0.05, 0.1) is 0 Å². The zero-order valence-electron chi connectivity index (χ0n) is 5.17. The average molecular weight is 137 g/mol. The number of hydrogen-bond acceptors (Lipinski definition) is 1. The highest BCUT2D eigenvalue weighted by Crippen LogP contribution is 2.05. The van der Waals surface area contributed by atoms with E-state index in [1.807, 2.05) is 24.3 Å². The summed E-state index contributed by atoms with van der Waals surface area (Å²) >= 11 is 4.13. The zero-order valence-corrected chi connectivity index (χ0v) is 6.07. The third-order valence-corrected chi connectivity index (χ3v) is 1.54. The smallest absolute Gasteiger partial charge is 0.0154 e. The van der Waals surface area contributed by atoms with Gasteiger partial charge in [0.25, 0.3) is 0 Å². The van der Waals surface area contributed by atoms with Crippen molar-refractivity contribution in [2.24, 2.45) is 0 Å². The van der Waals surface area contributed by atoms with E-state index in [0.29, 0.717) is 0 Å². The van der Waals surface area contributed by atoms with Crippen molar-refractivity contribution in [3.63, 3.8) is 0 Å². The lowest BCUT2D eigenvalue weighted by Gasteiger charge is -1.94. The van der Waals surface area contributed by atoms with E-state index >= 15 is 0 Å². The van der Waals surface area contributed by atoms with Crippen LogP contribution in [0, 0.1) is 6.92 Å². The summed E-state index contributed by atoms with van der Waals surface area (Å²) in [6.07, 6.45) is 0. The van der Waals surface area contributed by atoms with Crippen LogP contribution in [0.4, 0.5) is 0 Å². The van der Waals surface area contributed by atoms with E-state index in [4.69, 9.17) is 0 Å². The van der Waals surface area contributed by atoms with Gasteiger partial charge in [-0.3, -0.25) is 0 Å². The molecule has 0 atom stereocenters. The Morgan fingerprint density at radius 1 is 1.44 bits per heavy atom. The van der Waals surface area contributed by atoms with E-state index in [0.717, 1.165) is 11.3 Å². The first kappa shape index (κ1) is 6.69. The second kappa shape index (κ2) is 2.92. The minimum absolute atomic E-state index is 0.795. The van der Waals surface area contributed by atoms with Crippen LogP contribution in [-0.4, -0.2) is 0 Å². The second-order valence-electron chi connectivity index (χ2n) is 1.98. The van der Waals surface area contributed by atoms with Gasteiger partial charge < -0.3 is 0 Å². The number of hydrogen-bond donors (Lipinski definition) is 1. The Balaban J connectivity index is 2.94. The summed E-state index contributed by atoms with van der Waals surface area (Å²) in [5, 5.41) is 0. The van der Waals surface area contributed by atoms with Gasteiger partial charge >= 0.3 is 0 Å². The highest BCUT2D eigenvalue weighted by atomic mass is 32.1. The lowest BCUT2D eigenvalue weighted by molar-refractivity contribution is 1.41. The van der Waals surface area contributed by atoms with Crippen molar-refractivity contribution < 1.29 is 0 Å². The molecule has 0 saturated heterocycles. The van der Waals surface area contributed by atoms with Gasteiger partial charge in [-0.1, -0.05) is 24.3 Å². The quantitative estimate of drug-likeness (QED) is 0.564. The fourth-order valence-corrected chi connectivity index (χ4v) is 0.925. The van der Waals surface area contributed by atoms with Crippen LogP contribution in [0.2, 0.25) is 0 Å². The maximum absolute atomic E-state index is 4.13. The van der Waals surface area contributed by atoms with Crippen LogP contribution < -0.4 is 0 Å². The Bertz CT molecular complexity index is 194. The van der Waals surface area contributed by atoms with Crippen LogP contribution >= 0.6 is 12.6 Å². The van der Waals surface area contributed by atoms with Crippen molar-refractivity contribution >= 4 is 12.6 Å². The lowest BCUT2D eigenvalue weighted by Crippen LogP contribution is -1.77. The van der Waals surface area contributed by atoms with Gasteiger partial charge in [-0.2, -0.15) is 12.6 Å². The summed E-state index contributed by atoms with van der Waals surface area (Å²) in [6.45, 7) is 3.80. The fourth-order valence-electron chi connectivity index (χ4n) is 0.728. The van der Waals surface area contributed by atoms with E-state index in [9.17, 15) is 0 Å². The largest absolute Gasteiger partial charge is 0.175 e. The fraction of sp³-hybridized carbons (Fsp3) is 0.125. The highest BCUT2D eigenvalue weighted by molar-refractivity contribution is 7.79. The average Bonchev–Trinajstić information content (AvgIpc) is 1.88. The Morgan fingerprint density at radius 3 is 2.67 bits per heavy atom. The maximum atomic E-state index is 4.13. The molecule has 0 fully saturated rings. The molecule has 0 spiro atoms. The van der Waals surface area contributed by atoms with E-state index in [-0.39, 0.29) is 0 Å². The first-order valence-corrected chi connectivity index (χ1v) is 3.48. The molecular formula is C8H9S. The molecular weight excluding hydrogens is 128 g/mol. The monoisotopic (exact) mass is 137 g/mol. The third-order valence-electron chi connectivity index (χ3n) is 1.17. The molecule has 0 saturated carbocycles. The van der Waals surface area contributed by atoms with E-state index in [1.165, 1.54) is 5.56 Å². The van der Waals surface area contributed by atoms with Crippen molar-refractivity contribution in [2.75, 3.05) is 0 Å². The number of thiol groups is 1. The molecule has 1 radical (unpaired) electrons. The lowest BCUT2D eigenvalue weighted by atomic mass is 10.2. The van der Waals surface area contributed by atoms with Crippen molar-refractivity contribution in [1.29, 1.82) is 0 Å². The topological polar surface area (TPSA) is 0 Å². The molecule has 0 aliphatic heterocycles. The standard InChI is InChI=1S/C8H9S/c1-7-3-2-4-8(5-7)6-9/h2-5,9H,1,6H2. The van der Waals surface area contributed by atoms with Gasteiger partial charge in [0, 0.05) is 5.75 Å². The van der Waals surface area contributed by atoms with Crippen molar-refractivity contribution in [2.45, 2.75) is 5.75 Å². The van der Waals surface area contributed by atoms with Crippen molar-refractivity contribution in [3.05, 3.63) is 42.3 Å². The summed E-state index contributed by atoms with van der Waals surface area (Å²) in [5.74, 6) is 0.795. The minimum atomic E-state index is 0.795. The Morgan fingerprint density at radius 2 is 2.22 bits per heavy atom. The summed E-state index contributed by atoms with van der Waals surface area (Å²) in [6, 6.07) is 8.05. The summed E-state index contributed by atoms with van der Waals surface area (Å²) in [7, 11) is 0. The first-order chi connectivity index (χ1) is 4.33. The van der Waals surface area contributed by atoms with Gasteiger partial charge in [0.2, 0.25) is 0 Å². The Kier molecular flexibility index (Phi) is 2.17. The molecule has 1 heteroatoms. The Labute approximate surface area is 61.3 Å². The normalized spacial score (nSPS) is 9.56. The second-order valence-corrected chi connectivity index (χ2v) is 2.29. The molecule has 0 aliphatic carbocycles. The number of benzene rings is 1. The highest BCUT2D eigenvalue weighted by Gasteiger charge is 1.86.